The van der Waals surface area contributed by atoms with E-state index in [2.05, 4.69) is 26.2 Å². The molecule has 0 unspecified atom stereocenters. The molecule has 0 aliphatic carbocycles. The van der Waals surface area contributed by atoms with Crippen molar-refractivity contribution in [2.24, 2.45) is 0 Å². The quantitative estimate of drug-likeness (QED) is 0.916. The molecule has 0 saturated heterocycles. The largest absolute Gasteiger partial charge is 0.369 e. The Morgan fingerprint density at radius 2 is 2.20 bits per heavy atom. The van der Waals surface area contributed by atoms with Crippen LogP contribution in [0.25, 0.3) is 0 Å². The van der Waals surface area contributed by atoms with Crippen molar-refractivity contribution in [3.8, 4) is 0 Å². The van der Waals surface area contributed by atoms with Crippen LogP contribution in [0.3, 0.4) is 0 Å². The minimum absolute atomic E-state index is 0.115. The molecule has 0 aliphatic heterocycles. The van der Waals surface area contributed by atoms with Gasteiger partial charge in [0.15, 0.2) is 0 Å². The van der Waals surface area contributed by atoms with Crippen LogP contribution < -0.4 is 5.32 Å². The Labute approximate surface area is 98.2 Å². The zero-order valence-corrected chi connectivity index (χ0v) is 11.0. The minimum Gasteiger partial charge on any atom is -0.369 e. The molecular formula is C9H13BrN2O2S. The number of aromatic nitrogens is 1. The van der Waals surface area contributed by atoms with Gasteiger partial charge in [0.1, 0.15) is 15.7 Å². The van der Waals surface area contributed by atoms with Crippen LogP contribution >= 0.6 is 15.9 Å². The van der Waals surface area contributed by atoms with E-state index in [9.17, 15) is 8.42 Å². The van der Waals surface area contributed by atoms with E-state index in [1.54, 1.807) is 6.20 Å². The lowest BCUT2D eigenvalue weighted by molar-refractivity contribution is 0.602. The predicted octanol–water partition coefficient (Wildman–Crippen LogP) is 1.61. The van der Waals surface area contributed by atoms with Crippen LogP contribution in [0, 0.1) is 6.92 Å². The maximum absolute atomic E-state index is 10.9. The average molecular weight is 293 g/mol. The van der Waals surface area contributed by atoms with Crippen molar-refractivity contribution >= 4 is 31.6 Å². The fourth-order valence-corrected chi connectivity index (χ4v) is 1.69. The third kappa shape index (κ3) is 4.61. The highest BCUT2D eigenvalue weighted by Crippen LogP contribution is 2.16. The number of rotatable bonds is 4. The van der Waals surface area contributed by atoms with E-state index < -0.39 is 9.84 Å². The molecule has 6 heteroatoms. The van der Waals surface area contributed by atoms with Crippen LogP contribution in [0.4, 0.5) is 5.82 Å². The highest BCUT2D eigenvalue weighted by molar-refractivity contribution is 9.10. The Balaban J connectivity index is 2.55. The first-order valence-electron chi connectivity index (χ1n) is 4.42. The van der Waals surface area contributed by atoms with Crippen molar-refractivity contribution in [1.29, 1.82) is 0 Å². The van der Waals surface area contributed by atoms with Crippen LogP contribution in [0.15, 0.2) is 16.7 Å². The number of aryl methyl sites for hydroxylation is 1. The maximum Gasteiger partial charge on any atom is 0.149 e. The maximum atomic E-state index is 10.9. The van der Waals surface area contributed by atoms with Gasteiger partial charge in [-0.3, -0.25) is 0 Å². The molecule has 1 aromatic heterocycles. The monoisotopic (exact) mass is 292 g/mol. The highest BCUT2D eigenvalue weighted by Gasteiger charge is 2.02. The van der Waals surface area contributed by atoms with Crippen LogP contribution in [0.5, 0.6) is 0 Å². The van der Waals surface area contributed by atoms with E-state index in [0.717, 1.165) is 10.0 Å². The zero-order chi connectivity index (χ0) is 11.5. The van der Waals surface area contributed by atoms with Crippen molar-refractivity contribution in [2.75, 3.05) is 23.9 Å². The van der Waals surface area contributed by atoms with Crippen LogP contribution in [0.2, 0.25) is 0 Å². The van der Waals surface area contributed by atoms with E-state index in [1.807, 2.05) is 13.0 Å². The van der Waals surface area contributed by atoms with E-state index in [0.29, 0.717) is 12.4 Å². The minimum atomic E-state index is -2.91. The number of halogens is 1. The highest BCUT2D eigenvalue weighted by atomic mass is 79.9. The topological polar surface area (TPSA) is 59.1 Å². The van der Waals surface area contributed by atoms with Crippen molar-refractivity contribution in [3.05, 3.63) is 22.3 Å². The molecule has 0 aromatic carbocycles. The van der Waals surface area contributed by atoms with Crippen molar-refractivity contribution in [2.45, 2.75) is 6.92 Å². The van der Waals surface area contributed by atoms with Gasteiger partial charge in [-0.1, -0.05) is 0 Å². The summed E-state index contributed by atoms with van der Waals surface area (Å²) in [5.74, 6) is 0.809. The molecule has 15 heavy (non-hydrogen) atoms. The van der Waals surface area contributed by atoms with Crippen molar-refractivity contribution in [1.82, 2.24) is 4.98 Å². The molecule has 0 fully saturated rings. The second kappa shape index (κ2) is 4.94. The molecule has 0 atom stereocenters. The Hall–Kier alpha value is -0.620. The van der Waals surface area contributed by atoms with E-state index in [4.69, 9.17) is 0 Å². The zero-order valence-electron chi connectivity index (χ0n) is 8.62. The van der Waals surface area contributed by atoms with Gasteiger partial charge in [0, 0.05) is 23.5 Å². The lowest BCUT2D eigenvalue weighted by Crippen LogP contribution is -2.14. The normalized spacial score (nSPS) is 11.4. The molecule has 1 N–H and O–H groups in total. The number of pyridine rings is 1. The molecule has 1 aromatic rings. The summed E-state index contributed by atoms with van der Waals surface area (Å²) < 4.78 is 22.7. The molecule has 0 saturated carbocycles. The molecule has 0 radical (unpaired) electrons. The number of anilines is 1. The average Bonchev–Trinajstić information content (AvgIpc) is 2.09. The van der Waals surface area contributed by atoms with Crippen molar-refractivity contribution < 1.29 is 8.42 Å². The Morgan fingerprint density at radius 1 is 1.53 bits per heavy atom. The standard InChI is InChI=1S/C9H13BrN2O2S/c1-7-5-9(12-6-8(7)10)11-3-4-15(2,13)14/h5-6H,3-4H2,1-2H3,(H,11,12). The van der Waals surface area contributed by atoms with Gasteiger partial charge in [-0.05, 0) is 34.5 Å². The van der Waals surface area contributed by atoms with Gasteiger partial charge in [0.25, 0.3) is 0 Å². The summed E-state index contributed by atoms with van der Waals surface area (Å²) in [6, 6.07) is 1.87. The van der Waals surface area contributed by atoms with E-state index >= 15 is 0 Å². The molecular weight excluding hydrogens is 280 g/mol. The SMILES string of the molecule is Cc1cc(NCCS(C)(=O)=O)ncc1Br. The number of hydrogen-bond acceptors (Lipinski definition) is 4. The van der Waals surface area contributed by atoms with Crippen LogP contribution in [-0.2, 0) is 9.84 Å². The Bertz CT molecular complexity index is 445. The summed E-state index contributed by atoms with van der Waals surface area (Å²) in [7, 11) is -2.91. The summed E-state index contributed by atoms with van der Waals surface area (Å²) >= 11 is 3.34. The predicted molar refractivity (Wildman–Crippen MR) is 64.9 cm³/mol. The van der Waals surface area contributed by atoms with Crippen LogP contribution in [-0.4, -0.2) is 32.0 Å². The van der Waals surface area contributed by atoms with Crippen molar-refractivity contribution in [3.63, 3.8) is 0 Å². The van der Waals surface area contributed by atoms with Gasteiger partial charge in [0.2, 0.25) is 0 Å². The third-order valence-corrected chi connectivity index (χ3v) is 3.60. The lowest BCUT2D eigenvalue weighted by atomic mass is 10.3. The fraction of sp³-hybridized carbons (Fsp3) is 0.444. The molecule has 0 spiro atoms. The van der Waals surface area contributed by atoms with E-state index in [1.165, 1.54) is 6.26 Å². The lowest BCUT2D eigenvalue weighted by Gasteiger charge is -2.06. The van der Waals surface area contributed by atoms with Gasteiger partial charge < -0.3 is 5.32 Å². The molecule has 84 valence electrons. The summed E-state index contributed by atoms with van der Waals surface area (Å²) in [6.45, 7) is 2.33. The summed E-state index contributed by atoms with van der Waals surface area (Å²) in [5, 5.41) is 2.96. The smallest absolute Gasteiger partial charge is 0.149 e. The molecule has 0 bridgehead atoms. The second-order valence-electron chi connectivity index (χ2n) is 3.38. The fourth-order valence-electron chi connectivity index (χ4n) is 1.00. The number of nitrogens with one attached hydrogen (secondary N) is 1. The summed E-state index contributed by atoms with van der Waals surface area (Å²) in [5.41, 5.74) is 1.06. The first kappa shape index (κ1) is 12.4. The van der Waals surface area contributed by atoms with Crippen LogP contribution in [0.1, 0.15) is 5.56 Å². The van der Waals surface area contributed by atoms with Gasteiger partial charge in [-0.15, -0.1) is 0 Å². The molecule has 1 heterocycles. The Morgan fingerprint density at radius 3 is 2.73 bits per heavy atom. The first-order valence-corrected chi connectivity index (χ1v) is 7.27. The molecule has 0 aliphatic rings. The second-order valence-corrected chi connectivity index (χ2v) is 6.49. The van der Waals surface area contributed by atoms with E-state index in [-0.39, 0.29) is 5.75 Å². The molecule has 1 rings (SSSR count). The van der Waals surface area contributed by atoms with Gasteiger partial charge >= 0.3 is 0 Å². The number of sulfone groups is 1. The number of hydrogen-bond donors (Lipinski definition) is 1. The first-order chi connectivity index (χ1) is 6.88. The molecule has 4 nitrogen and oxygen atoms in total. The molecule has 0 amide bonds. The summed E-state index contributed by atoms with van der Waals surface area (Å²) in [4.78, 5) is 4.11. The third-order valence-electron chi connectivity index (χ3n) is 1.83. The van der Waals surface area contributed by atoms with Gasteiger partial charge in [-0.2, -0.15) is 0 Å². The Kier molecular flexibility index (Phi) is 4.10. The van der Waals surface area contributed by atoms with Gasteiger partial charge in [0.05, 0.1) is 5.75 Å². The summed E-state index contributed by atoms with van der Waals surface area (Å²) in [6.07, 6.45) is 2.91. The van der Waals surface area contributed by atoms with Gasteiger partial charge in [-0.25, -0.2) is 13.4 Å². The number of nitrogens with zero attached hydrogens (tertiary/aromatic N) is 1.